The summed E-state index contributed by atoms with van der Waals surface area (Å²) >= 11 is 0. The summed E-state index contributed by atoms with van der Waals surface area (Å²) in [6, 6.07) is 11.3. The lowest BCUT2D eigenvalue weighted by molar-refractivity contribution is 0.180. The van der Waals surface area contributed by atoms with E-state index >= 15 is 0 Å². The smallest absolute Gasteiger partial charge is 0.203 e. The molecular formula is C17H24N4. The SMILES string of the molecule is CNc1nc(C)cn1C1CCN(Cc2ccccc2)CC1. The lowest BCUT2D eigenvalue weighted by atomic mass is 10.0. The van der Waals surface area contributed by atoms with Crippen molar-refractivity contribution in [1.82, 2.24) is 14.5 Å². The number of hydrogen-bond acceptors (Lipinski definition) is 3. The molecule has 0 atom stereocenters. The molecule has 4 nitrogen and oxygen atoms in total. The van der Waals surface area contributed by atoms with Crippen LogP contribution in [0.4, 0.5) is 5.95 Å². The van der Waals surface area contributed by atoms with Crippen LogP contribution in [0.25, 0.3) is 0 Å². The Bertz CT molecular complexity index is 568. The molecule has 112 valence electrons. The summed E-state index contributed by atoms with van der Waals surface area (Å²) in [5.41, 5.74) is 2.50. The Morgan fingerprint density at radius 2 is 1.90 bits per heavy atom. The number of likely N-dealkylation sites (tertiary alicyclic amines) is 1. The maximum Gasteiger partial charge on any atom is 0.203 e. The van der Waals surface area contributed by atoms with Gasteiger partial charge in [-0.25, -0.2) is 4.98 Å². The number of hydrogen-bond donors (Lipinski definition) is 1. The molecule has 0 aliphatic carbocycles. The zero-order chi connectivity index (χ0) is 14.7. The topological polar surface area (TPSA) is 33.1 Å². The highest BCUT2D eigenvalue weighted by Gasteiger charge is 2.22. The molecule has 21 heavy (non-hydrogen) atoms. The maximum atomic E-state index is 4.53. The van der Waals surface area contributed by atoms with Gasteiger partial charge in [-0.05, 0) is 25.3 Å². The van der Waals surface area contributed by atoms with Crippen LogP contribution >= 0.6 is 0 Å². The van der Waals surface area contributed by atoms with Crippen LogP contribution in [-0.4, -0.2) is 34.6 Å². The van der Waals surface area contributed by atoms with Gasteiger partial charge in [-0.1, -0.05) is 30.3 Å². The Morgan fingerprint density at radius 1 is 1.19 bits per heavy atom. The molecule has 1 fully saturated rings. The fraction of sp³-hybridized carbons (Fsp3) is 0.471. The van der Waals surface area contributed by atoms with E-state index in [1.54, 1.807) is 0 Å². The minimum atomic E-state index is 0.570. The highest BCUT2D eigenvalue weighted by Crippen LogP contribution is 2.27. The normalized spacial score (nSPS) is 17.0. The Kier molecular flexibility index (Phi) is 4.25. The van der Waals surface area contributed by atoms with Gasteiger partial charge in [0.2, 0.25) is 5.95 Å². The number of nitrogens with one attached hydrogen (secondary N) is 1. The number of aromatic nitrogens is 2. The highest BCUT2D eigenvalue weighted by atomic mass is 15.2. The average molecular weight is 284 g/mol. The van der Waals surface area contributed by atoms with E-state index in [9.17, 15) is 0 Å². The van der Waals surface area contributed by atoms with Gasteiger partial charge in [-0.3, -0.25) is 4.90 Å². The van der Waals surface area contributed by atoms with Crippen LogP contribution in [0.1, 0.15) is 30.1 Å². The van der Waals surface area contributed by atoms with Crippen LogP contribution in [0.2, 0.25) is 0 Å². The first kappa shape index (κ1) is 14.1. The molecule has 0 saturated carbocycles. The molecule has 1 saturated heterocycles. The van der Waals surface area contributed by atoms with Crippen molar-refractivity contribution in [1.29, 1.82) is 0 Å². The highest BCUT2D eigenvalue weighted by molar-refractivity contribution is 5.28. The largest absolute Gasteiger partial charge is 0.359 e. The Hall–Kier alpha value is -1.81. The molecule has 1 aliphatic rings. The van der Waals surface area contributed by atoms with Crippen molar-refractivity contribution in [3.63, 3.8) is 0 Å². The first-order chi connectivity index (χ1) is 10.3. The first-order valence-corrected chi connectivity index (χ1v) is 7.76. The first-order valence-electron chi connectivity index (χ1n) is 7.76. The molecule has 1 N–H and O–H groups in total. The van der Waals surface area contributed by atoms with Gasteiger partial charge in [0.05, 0.1) is 5.69 Å². The number of piperidine rings is 1. The minimum Gasteiger partial charge on any atom is -0.359 e. The quantitative estimate of drug-likeness (QED) is 0.936. The number of benzene rings is 1. The van der Waals surface area contributed by atoms with E-state index in [0.717, 1.165) is 31.3 Å². The van der Waals surface area contributed by atoms with E-state index in [-0.39, 0.29) is 0 Å². The summed E-state index contributed by atoms with van der Waals surface area (Å²) in [5, 5.41) is 3.20. The van der Waals surface area contributed by atoms with Gasteiger partial charge in [-0.15, -0.1) is 0 Å². The second-order valence-electron chi connectivity index (χ2n) is 5.86. The molecule has 2 aromatic rings. The zero-order valence-electron chi connectivity index (χ0n) is 12.9. The molecule has 2 heterocycles. The summed E-state index contributed by atoms with van der Waals surface area (Å²) in [6.07, 6.45) is 4.55. The molecule has 0 unspecified atom stereocenters. The average Bonchev–Trinajstić information content (AvgIpc) is 2.90. The van der Waals surface area contributed by atoms with Crippen molar-refractivity contribution in [3.8, 4) is 0 Å². The number of aryl methyl sites for hydroxylation is 1. The molecule has 0 radical (unpaired) electrons. The van der Waals surface area contributed by atoms with Crippen LogP contribution in [0.5, 0.6) is 0 Å². The lowest BCUT2D eigenvalue weighted by Gasteiger charge is -2.33. The third-order valence-corrected chi connectivity index (χ3v) is 4.28. The van der Waals surface area contributed by atoms with Gasteiger partial charge >= 0.3 is 0 Å². The van der Waals surface area contributed by atoms with Crippen molar-refractivity contribution in [3.05, 3.63) is 47.8 Å². The fourth-order valence-corrected chi connectivity index (χ4v) is 3.18. The molecule has 0 spiro atoms. The predicted molar refractivity (Wildman–Crippen MR) is 86.5 cm³/mol. The summed E-state index contributed by atoms with van der Waals surface area (Å²) < 4.78 is 2.31. The van der Waals surface area contributed by atoms with Gasteiger partial charge in [0.15, 0.2) is 0 Å². The summed E-state index contributed by atoms with van der Waals surface area (Å²) in [6.45, 7) is 5.43. The van der Waals surface area contributed by atoms with Crippen LogP contribution in [0.15, 0.2) is 36.5 Å². The van der Waals surface area contributed by atoms with Gasteiger partial charge in [0, 0.05) is 38.9 Å². The van der Waals surface area contributed by atoms with Crippen LogP contribution in [0.3, 0.4) is 0 Å². The van der Waals surface area contributed by atoms with Gasteiger partial charge in [-0.2, -0.15) is 0 Å². The van der Waals surface area contributed by atoms with E-state index in [1.165, 1.54) is 18.4 Å². The molecular weight excluding hydrogens is 260 g/mol. The summed E-state index contributed by atoms with van der Waals surface area (Å²) in [4.78, 5) is 7.08. The molecule has 1 aromatic heterocycles. The van der Waals surface area contributed by atoms with Crippen molar-refractivity contribution < 1.29 is 0 Å². The molecule has 1 aliphatic heterocycles. The molecule has 0 bridgehead atoms. The zero-order valence-corrected chi connectivity index (χ0v) is 12.9. The number of anilines is 1. The second-order valence-corrected chi connectivity index (χ2v) is 5.86. The van der Waals surface area contributed by atoms with E-state index < -0.39 is 0 Å². The van der Waals surface area contributed by atoms with Crippen molar-refractivity contribution in [2.75, 3.05) is 25.5 Å². The third-order valence-electron chi connectivity index (χ3n) is 4.28. The second kappa shape index (κ2) is 6.31. The molecule has 1 aromatic carbocycles. The van der Waals surface area contributed by atoms with Crippen molar-refractivity contribution >= 4 is 5.95 Å². The van der Waals surface area contributed by atoms with Gasteiger partial charge in [0.1, 0.15) is 0 Å². The van der Waals surface area contributed by atoms with Crippen LogP contribution < -0.4 is 5.32 Å². The fourth-order valence-electron chi connectivity index (χ4n) is 3.18. The minimum absolute atomic E-state index is 0.570. The van der Waals surface area contributed by atoms with Crippen molar-refractivity contribution in [2.45, 2.75) is 32.4 Å². The van der Waals surface area contributed by atoms with E-state index in [1.807, 2.05) is 7.05 Å². The van der Waals surface area contributed by atoms with Crippen LogP contribution in [0, 0.1) is 6.92 Å². The number of imidazole rings is 1. The van der Waals surface area contributed by atoms with Crippen LogP contribution in [-0.2, 0) is 6.54 Å². The van der Waals surface area contributed by atoms with Gasteiger partial charge < -0.3 is 9.88 Å². The van der Waals surface area contributed by atoms with Crippen molar-refractivity contribution in [2.24, 2.45) is 0 Å². The Morgan fingerprint density at radius 3 is 2.57 bits per heavy atom. The molecule has 4 heteroatoms. The standard InChI is InChI=1S/C17H24N4/c1-14-12-21(17(18-2)19-14)16-8-10-20(11-9-16)13-15-6-4-3-5-7-15/h3-7,12,16H,8-11,13H2,1-2H3,(H,18,19). The predicted octanol–water partition coefficient (Wildman–Crippen LogP) is 3.07. The van der Waals surface area contributed by atoms with Gasteiger partial charge in [0.25, 0.3) is 0 Å². The summed E-state index contributed by atoms with van der Waals surface area (Å²) in [7, 11) is 1.95. The number of nitrogens with zero attached hydrogens (tertiary/aromatic N) is 3. The Labute approximate surface area is 126 Å². The number of rotatable bonds is 4. The van der Waals surface area contributed by atoms with E-state index in [2.05, 4.69) is 63.2 Å². The third kappa shape index (κ3) is 3.27. The monoisotopic (exact) mass is 284 g/mol. The maximum absolute atomic E-state index is 4.53. The lowest BCUT2D eigenvalue weighted by Crippen LogP contribution is -2.34. The van der Waals surface area contributed by atoms with E-state index in [4.69, 9.17) is 0 Å². The summed E-state index contributed by atoms with van der Waals surface area (Å²) in [5.74, 6) is 0.994. The van der Waals surface area contributed by atoms with E-state index in [0.29, 0.717) is 6.04 Å². The Balaban J connectivity index is 1.60. The molecule has 0 amide bonds. The molecule has 3 rings (SSSR count).